The van der Waals surface area contributed by atoms with E-state index in [4.69, 9.17) is 4.74 Å². The predicted molar refractivity (Wildman–Crippen MR) is 92.9 cm³/mol. The zero-order valence-corrected chi connectivity index (χ0v) is 14.0. The summed E-state index contributed by atoms with van der Waals surface area (Å²) in [7, 11) is 3.29. The molecule has 2 aromatic carbocycles. The third-order valence-electron chi connectivity index (χ3n) is 4.34. The molecule has 0 spiro atoms. The molecule has 24 heavy (non-hydrogen) atoms. The highest BCUT2D eigenvalue weighted by Gasteiger charge is 2.12. The van der Waals surface area contributed by atoms with Crippen LogP contribution in [0.2, 0.25) is 0 Å². The Morgan fingerprint density at radius 1 is 1.29 bits per heavy atom. The predicted octanol–water partition coefficient (Wildman–Crippen LogP) is 3.36. The van der Waals surface area contributed by atoms with E-state index in [2.05, 4.69) is 5.10 Å². The first-order valence-electron chi connectivity index (χ1n) is 7.81. The maximum atomic E-state index is 11.4. The highest BCUT2D eigenvalue weighted by molar-refractivity contribution is 5.86. The highest BCUT2D eigenvalue weighted by atomic mass is 16.5. The van der Waals surface area contributed by atoms with E-state index < -0.39 is 0 Å². The Kier molecular flexibility index (Phi) is 4.25. The molecule has 0 radical (unpaired) electrons. The molecule has 0 aliphatic rings. The van der Waals surface area contributed by atoms with Gasteiger partial charge in [-0.3, -0.25) is 9.48 Å². The minimum absolute atomic E-state index is 0.234. The van der Waals surface area contributed by atoms with Crippen molar-refractivity contribution < 1.29 is 14.6 Å². The summed E-state index contributed by atoms with van der Waals surface area (Å²) < 4.78 is 6.52. The van der Waals surface area contributed by atoms with Crippen LogP contribution in [0.25, 0.3) is 22.0 Å². The van der Waals surface area contributed by atoms with Crippen molar-refractivity contribution in [3.63, 3.8) is 0 Å². The number of aromatic nitrogens is 2. The number of fused-ring (bicyclic) bond motifs is 1. The fourth-order valence-electron chi connectivity index (χ4n) is 2.91. The van der Waals surface area contributed by atoms with E-state index in [0.29, 0.717) is 12.8 Å². The van der Waals surface area contributed by atoms with Gasteiger partial charge in [0.15, 0.2) is 0 Å². The van der Waals surface area contributed by atoms with Gasteiger partial charge < -0.3 is 9.84 Å². The Morgan fingerprint density at radius 2 is 2.08 bits per heavy atom. The molecule has 5 heteroatoms. The Labute approximate surface area is 140 Å². The lowest BCUT2D eigenvalue weighted by Gasteiger charge is -2.11. The molecule has 0 aliphatic heterocycles. The zero-order chi connectivity index (χ0) is 17.3. The molecule has 0 bridgehead atoms. The van der Waals surface area contributed by atoms with Gasteiger partial charge in [-0.1, -0.05) is 6.07 Å². The van der Waals surface area contributed by atoms with Crippen LogP contribution in [0.5, 0.6) is 5.75 Å². The monoisotopic (exact) mass is 324 g/mol. The van der Waals surface area contributed by atoms with E-state index in [0.717, 1.165) is 33.2 Å². The summed E-state index contributed by atoms with van der Waals surface area (Å²) in [6, 6.07) is 9.67. The van der Waals surface area contributed by atoms with Gasteiger partial charge in [0.05, 0.1) is 18.8 Å². The Hall–Kier alpha value is -2.82. The van der Waals surface area contributed by atoms with Crippen LogP contribution in [0.1, 0.15) is 17.5 Å². The molecule has 1 N–H and O–H groups in total. The lowest BCUT2D eigenvalue weighted by Crippen LogP contribution is -2.03. The van der Waals surface area contributed by atoms with Crippen molar-refractivity contribution in [2.24, 2.45) is 7.05 Å². The molecular weight excluding hydrogens is 304 g/mol. The number of hydrogen-bond donors (Lipinski definition) is 1. The molecule has 0 amide bonds. The lowest BCUT2D eigenvalue weighted by molar-refractivity contribution is -0.140. The van der Waals surface area contributed by atoms with Crippen molar-refractivity contribution in [3.8, 4) is 16.9 Å². The number of hydrogen-bond acceptors (Lipinski definition) is 4. The summed E-state index contributed by atoms with van der Waals surface area (Å²) in [5.74, 6) is -0.00152. The van der Waals surface area contributed by atoms with Crippen LogP contribution in [0.3, 0.4) is 0 Å². The summed E-state index contributed by atoms with van der Waals surface area (Å²) in [5, 5.41) is 15.6. The summed E-state index contributed by atoms with van der Waals surface area (Å²) in [4.78, 5) is 11.4. The van der Waals surface area contributed by atoms with Crippen LogP contribution in [-0.4, -0.2) is 28.0 Å². The molecule has 0 unspecified atom stereocenters. The van der Waals surface area contributed by atoms with Gasteiger partial charge >= 0.3 is 5.97 Å². The quantitative estimate of drug-likeness (QED) is 0.747. The molecule has 0 saturated carbocycles. The molecule has 1 aromatic heterocycles. The van der Waals surface area contributed by atoms with Crippen molar-refractivity contribution in [1.29, 1.82) is 0 Å². The van der Waals surface area contributed by atoms with Gasteiger partial charge in [0, 0.05) is 24.4 Å². The van der Waals surface area contributed by atoms with E-state index >= 15 is 0 Å². The van der Waals surface area contributed by atoms with Gasteiger partial charge in [-0.25, -0.2) is 0 Å². The van der Waals surface area contributed by atoms with Crippen LogP contribution in [0, 0.1) is 6.92 Å². The lowest BCUT2D eigenvalue weighted by atomic mass is 9.95. The molecule has 0 aliphatic carbocycles. The summed E-state index contributed by atoms with van der Waals surface area (Å²) in [6.45, 7) is 1.93. The summed E-state index contributed by atoms with van der Waals surface area (Å²) in [6.07, 6.45) is 2.71. The second-order valence-electron chi connectivity index (χ2n) is 5.91. The molecule has 0 fully saturated rings. The van der Waals surface area contributed by atoms with Crippen molar-refractivity contribution >= 4 is 16.9 Å². The molecule has 0 saturated heterocycles. The largest absolute Gasteiger partial charge is 0.507 e. The standard InChI is InChI=1S/C19H20N2O3/c1-12-8-18(22)16(10-13(12)5-7-19(23)24-3)14-4-6-17-15(9-14)11-20-21(17)2/h4,6,8-11,22H,5,7H2,1-3H3. The van der Waals surface area contributed by atoms with E-state index in [1.54, 1.807) is 6.07 Å². The number of nitrogens with zero attached hydrogens (tertiary/aromatic N) is 2. The number of carbonyl (C=O) groups excluding carboxylic acids is 1. The van der Waals surface area contributed by atoms with Crippen molar-refractivity contribution in [2.45, 2.75) is 19.8 Å². The number of aromatic hydroxyl groups is 1. The molecule has 0 atom stereocenters. The second-order valence-corrected chi connectivity index (χ2v) is 5.91. The third-order valence-corrected chi connectivity index (χ3v) is 4.34. The van der Waals surface area contributed by atoms with Crippen LogP contribution in [-0.2, 0) is 23.0 Å². The van der Waals surface area contributed by atoms with Crippen molar-refractivity contribution in [2.75, 3.05) is 7.11 Å². The van der Waals surface area contributed by atoms with Crippen molar-refractivity contribution in [1.82, 2.24) is 9.78 Å². The summed E-state index contributed by atoms with van der Waals surface area (Å²) in [5.41, 5.74) is 4.71. The van der Waals surface area contributed by atoms with E-state index in [1.807, 2.05) is 49.1 Å². The number of carbonyl (C=O) groups is 1. The molecule has 1 heterocycles. The van der Waals surface area contributed by atoms with Crippen LogP contribution >= 0.6 is 0 Å². The number of ether oxygens (including phenoxy) is 1. The average molecular weight is 324 g/mol. The van der Waals surface area contributed by atoms with Crippen molar-refractivity contribution in [3.05, 3.63) is 47.7 Å². The van der Waals surface area contributed by atoms with Gasteiger partial charge in [-0.05, 0) is 54.3 Å². The number of aryl methyl sites for hydroxylation is 3. The number of benzene rings is 2. The average Bonchev–Trinajstić information content (AvgIpc) is 2.94. The number of phenols is 1. The number of phenolic OH excluding ortho intramolecular Hbond substituents is 1. The maximum absolute atomic E-state index is 11.4. The van der Waals surface area contributed by atoms with Gasteiger partial charge in [0.1, 0.15) is 5.75 Å². The third kappa shape index (κ3) is 2.97. The Balaban J connectivity index is 2.00. The van der Waals surface area contributed by atoms with Gasteiger partial charge in [0.25, 0.3) is 0 Å². The minimum atomic E-state index is -0.235. The van der Waals surface area contributed by atoms with E-state index in [-0.39, 0.29) is 11.7 Å². The molecule has 3 rings (SSSR count). The molecule has 5 nitrogen and oxygen atoms in total. The first kappa shape index (κ1) is 16.1. The van der Waals surface area contributed by atoms with Gasteiger partial charge in [0.2, 0.25) is 0 Å². The first-order chi connectivity index (χ1) is 11.5. The van der Waals surface area contributed by atoms with E-state index in [9.17, 15) is 9.90 Å². The van der Waals surface area contributed by atoms with Crippen LogP contribution in [0.15, 0.2) is 36.5 Å². The Bertz CT molecular complexity index is 912. The fourth-order valence-corrected chi connectivity index (χ4v) is 2.91. The van der Waals surface area contributed by atoms with Crippen LogP contribution < -0.4 is 0 Å². The first-order valence-corrected chi connectivity index (χ1v) is 7.81. The SMILES string of the molecule is COC(=O)CCc1cc(-c2ccc3c(cnn3C)c2)c(O)cc1C. The van der Waals surface area contributed by atoms with Crippen LogP contribution in [0.4, 0.5) is 0 Å². The Morgan fingerprint density at radius 3 is 2.83 bits per heavy atom. The number of methoxy groups -OCH3 is 1. The second kappa shape index (κ2) is 6.35. The number of rotatable bonds is 4. The zero-order valence-electron chi connectivity index (χ0n) is 14.0. The fraction of sp³-hybridized carbons (Fsp3) is 0.263. The summed E-state index contributed by atoms with van der Waals surface area (Å²) >= 11 is 0. The maximum Gasteiger partial charge on any atom is 0.305 e. The van der Waals surface area contributed by atoms with Gasteiger partial charge in [-0.2, -0.15) is 5.10 Å². The smallest absolute Gasteiger partial charge is 0.305 e. The highest BCUT2D eigenvalue weighted by Crippen LogP contribution is 2.34. The molecular formula is C19H20N2O3. The molecule has 3 aromatic rings. The minimum Gasteiger partial charge on any atom is -0.507 e. The number of esters is 1. The van der Waals surface area contributed by atoms with Gasteiger partial charge in [-0.15, -0.1) is 0 Å². The normalized spacial score (nSPS) is 11.0. The topological polar surface area (TPSA) is 64.3 Å². The van der Waals surface area contributed by atoms with E-state index in [1.165, 1.54) is 7.11 Å². The molecule has 124 valence electrons.